The molecule has 0 aliphatic heterocycles. The quantitative estimate of drug-likeness (QED) is 0.482. The van der Waals surface area contributed by atoms with Gasteiger partial charge in [-0.25, -0.2) is 4.39 Å². The molecule has 0 heterocycles. The molecule has 0 spiro atoms. The van der Waals surface area contributed by atoms with E-state index in [0.717, 1.165) is 16.9 Å². The average Bonchev–Trinajstić information content (AvgIpc) is 2.63. The molecule has 0 saturated carbocycles. The zero-order valence-electron chi connectivity index (χ0n) is 13.2. The van der Waals surface area contributed by atoms with Crippen molar-refractivity contribution in [1.82, 2.24) is 0 Å². The van der Waals surface area contributed by atoms with Crippen LogP contribution in [0.1, 0.15) is 18.1 Å². The summed E-state index contributed by atoms with van der Waals surface area (Å²) >= 11 is 5.89. The largest absolute Gasteiger partial charge is 0.486 e. The predicted octanol–water partition coefficient (Wildman–Crippen LogP) is 6.24. The average molecular weight is 341 g/mol. The highest BCUT2D eigenvalue weighted by Gasteiger charge is 2.13. The van der Waals surface area contributed by atoms with Crippen LogP contribution in [0.3, 0.4) is 0 Å². The van der Waals surface area contributed by atoms with Crippen molar-refractivity contribution in [3.05, 3.63) is 90.2 Å². The maximum absolute atomic E-state index is 13.1. The fraction of sp³-hybridized carbons (Fsp3) is 0.143. The molecule has 0 aliphatic carbocycles. The van der Waals surface area contributed by atoms with Crippen LogP contribution in [0.15, 0.2) is 78.9 Å². The van der Waals surface area contributed by atoms with Gasteiger partial charge in [-0.15, -0.1) is 11.6 Å². The molecule has 1 nitrogen and oxygen atoms in total. The molecule has 1 unspecified atom stereocenters. The highest BCUT2D eigenvalue weighted by Crippen LogP contribution is 2.28. The summed E-state index contributed by atoms with van der Waals surface area (Å²) in [5.41, 5.74) is 3.22. The summed E-state index contributed by atoms with van der Waals surface area (Å²) in [6.07, 6.45) is 0.471. The summed E-state index contributed by atoms with van der Waals surface area (Å²) in [6.45, 7) is 0. The summed E-state index contributed by atoms with van der Waals surface area (Å²) in [7, 11) is 0. The fourth-order valence-corrected chi connectivity index (χ4v) is 2.79. The monoisotopic (exact) mass is 340 g/mol. The molecule has 3 rings (SSSR count). The Morgan fingerprint density at radius 1 is 0.792 bits per heavy atom. The summed E-state index contributed by atoms with van der Waals surface area (Å²) in [4.78, 5) is 0. The minimum Gasteiger partial charge on any atom is -0.486 e. The van der Waals surface area contributed by atoms with Crippen LogP contribution < -0.4 is 4.74 Å². The normalized spacial score (nSPS) is 11.9. The molecule has 3 aromatic rings. The number of ether oxygens (including phenoxy) is 1. The molecule has 3 heteroatoms. The van der Waals surface area contributed by atoms with Crippen molar-refractivity contribution < 1.29 is 9.13 Å². The summed E-state index contributed by atoms with van der Waals surface area (Å²) in [5, 5.41) is 0. The van der Waals surface area contributed by atoms with E-state index in [4.69, 9.17) is 16.3 Å². The Hall–Kier alpha value is -2.32. The minimum absolute atomic E-state index is 0.189. The molecule has 0 fully saturated rings. The Bertz CT molecular complexity index is 754. The molecular formula is C21H18ClFO. The summed E-state index contributed by atoms with van der Waals surface area (Å²) < 4.78 is 19.2. The fourth-order valence-electron chi connectivity index (χ4n) is 2.59. The van der Waals surface area contributed by atoms with Gasteiger partial charge in [0, 0.05) is 12.3 Å². The number of hydrogen-bond acceptors (Lipinski definition) is 1. The first-order valence-corrected chi connectivity index (χ1v) is 8.43. The van der Waals surface area contributed by atoms with Gasteiger partial charge in [0.2, 0.25) is 0 Å². The van der Waals surface area contributed by atoms with Gasteiger partial charge in [-0.3, -0.25) is 0 Å². The number of hydrogen-bond donors (Lipinski definition) is 0. The number of rotatable bonds is 6. The first-order valence-electron chi connectivity index (χ1n) is 7.90. The van der Waals surface area contributed by atoms with E-state index in [2.05, 4.69) is 12.1 Å². The van der Waals surface area contributed by atoms with E-state index in [9.17, 15) is 4.39 Å². The van der Waals surface area contributed by atoms with E-state index in [1.54, 1.807) is 12.1 Å². The van der Waals surface area contributed by atoms with Gasteiger partial charge in [-0.2, -0.15) is 0 Å². The molecule has 0 amide bonds. The summed E-state index contributed by atoms with van der Waals surface area (Å²) in [5.74, 6) is 0.995. The Morgan fingerprint density at radius 2 is 1.42 bits per heavy atom. The van der Waals surface area contributed by atoms with Crippen molar-refractivity contribution in [2.45, 2.75) is 12.5 Å². The zero-order valence-corrected chi connectivity index (χ0v) is 13.9. The SMILES string of the molecule is Fc1ccc(C(CCCl)Oc2ccc(-c3ccccc3)cc2)cc1. The van der Waals surface area contributed by atoms with Crippen molar-refractivity contribution in [3.8, 4) is 16.9 Å². The van der Waals surface area contributed by atoms with Crippen LogP contribution >= 0.6 is 11.6 Å². The minimum atomic E-state index is -0.254. The third-order valence-corrected chi connectivity index (χ3v) is 4.07. The lowest BCUT2D eigenvalue weighted by Crippen LogP contribution is -2.08. The molecule has 3 aromatic carbocycles. The van der Waals surface area contributed by atoms with E-state index >= 15 is 0 Å². The van der Waals surface area contributed by atoms with Gasteiger partial charge in [0.1, 0.15) is 17.7 Å². The van der Waals surface area contributed by atoms with Crippen molar-refractivity contribution in [2.75, 3.05) is 5.88 Å². The third-order valence-electron chi connectivity index (χ3n) is 3.85. The Labute approximate surface area is 146 Å². The van der Waals surface area contributed by atoms with Gasteiger partial charge < -0.3 is 4.74 Å². The van der Waals surface area contributed by atoms with Gasteiger partial charge >= 0.3 is 0 Å². The lowest BCUT2D eigenvalue weighted by atomic mass is 10.1. The molecule has 0 aromatic heterocycles. The molecule has 0 aliphatic rings. The molecule has 0 N–H and O–H groups in total. The smallest absolute Gasteiger partial charge is 0.125 e. The van der Waals surface area contributed by atoms with E-state index < -0.39 is 0 Å². The van der Waals surface area contributed by atoms with Crippen LogP contribution in [0, 0.1) is 5.82 Å². The number of halogens is 2. The molecule has 1 atom stereocenters. The van der Waals surface area contributed by atoms with Crippen molar-refractivity contribution in [1.29, 1.82) is 0 Å². The molecule has 0 radical (unpaired) electrons. The second-order valence-electron chi connectivity index (χ2n) is 5.53. The van der Waals surface area contributed by atoms with Crippen molar-refractivity contribution >= 4 is 11.6 Å². The topological polar surface area (TPSA) is 9.23 Å². The van der Waals surface area contributed by atoms with E-state index in [1.807, 2.05) is 42.5 Å². The van der Waals surface area contributed by atoms with Crippen LogP contribution in [0.2, 0.25) is 0 Å². The highest BCUT2D eigenvalue weighted by molar-refractivity contribution is 6.17. The lowest BCUT2D eigenvalue weighted by Gasteiger charge is -2.19. The number of benzene rings is 3. The first kappa shape index (κ1) is 16.5. The van der Waals surface area contributed by atoms with Gasteiger partial charge in [-0.05, 0) is 41.0 Å². The van der Waals surface area contributed by atoms with Crippen LogP contribution in [0.5, 0.6) is 5.75 Å². The van der Waals surface area contributed by atoms with Crippen molar-refractivity contribution in [3.63, 3.8) is 0 Å². The molecular weight excluding hydrogens is 323 g/mol. The van der Waals surface area contributed by atoms with E-state index in [1.165, 1.54) is 17.7 Å². The second-order valence-corrected chi connectivity index (χ2v) is 5.90. The first-order chi connectivity index (χ1) is 11.8. The Balaban J connectivity index is 1.76. The maximum atomic E-state index is 13.1. The molecule has 122 valence electrons. The van der Waals surface area contributed by atoms with Gasteiger partial charge in [-0.1, -0.05) is 54.6 Å². The van der Waals surface area contributed by atoms with Crippen LogP contribution in [0.4, 0.5) is 4.39 Å². The Morgan fingerprint density at radius 3 is 2.04 bits per heavy atom. The molecule has 24 heavy (non-hydrogen) atoms. The maximum Gasteiger partial charge on any atom is 0.125 e. The lowest BCUT2D eigenvalue weighted by molar-refractivity contribution is 0.202. The Kier molecular flexibility index (Phi) is 5.50. The van der Waals surface area contributed by atoms with Crippen LogP contribution in [-0.2, 0) is 0 Å². The molecule has 0 bridgehead atoms. The summed E-state index contributed by atoms with van der Waals surface area (Å²) in [6, 6.07) is 24.5. The van der Waals surface area contributed by atoms with Gasteiger partial charge in [0.15, 0.2) is 0 Å². The van der Waals surface area contributed by atoms with Crippen LogP contribution in [-0.4, -0.2) is 5.88 Å². The van der Waals surface area contributed by atoms with Gasteiger partial charge in [0.05, 0.1) is 0 Å². The zero-order chi connectivity index (χ0) is 16.8. The van der Waals surface area contributed by atoms with Crippen LogP contribution in [0.25, 0.3) is 11.1 Å². The number of alkyl halides is 1. The van der Waals surface area contributed by atoms with Gasteiger partial charge in [0.25, 0.3) is 0 Å². The second kappa shape index (κ2) is 7.98. The predicted molar refractivity (Wildman–Crippen MR) is 97.0 cm³/mol. The van der Waals surface area contributed by atoms with Crippen molar-refractivity contribution in [2.24, 2.45) is 0 Å². The molecule has 0 saturated heterocycles. The van der Waals surface area contributed by atoms with E-state index in [0.29, 0.717) is 12.3 Å². The van der Waals surface area contributed by atoms with E-state index in [-0.39, 0.29) is 11.9 Å². The highest BCUT2D eigenvalue weighted by atomic mass is 35.5. The third kappa shape index (κ3) is 4.15. The standard InChI is InChI=1S/C21H18ClFO/c22-15-14-21(18-6-10-19(23)11-7-18)24-20-12-8-17(9-13-20)16-4-2-1-3-5-16/h1-13,21H,14-15H2.